The number of hydrogen-bond acceptors (Lipinski definition) is 5. The number of anilines is 1. The second-order valence-electron chi connectivity index (χ2n) is 5.32. The van der Waals surface area contributed by atoms with Crippen molar-refractivity contribution < 1.29 is 19.1 Å². The molecule has 1 rings (SSSR count). The van der Waals surface area contributed by atoms with Crippen LogP contribution in [0, 0.1) is 13.8 Å². The summed E-state index contributed by atoms with van der Waals surface area (Å²) >= 11 is 4.43. The maximum absolute atomic E-state index is 12.8. The fourth-order valence-corrected chi connectivity index (χ4v) is 3.25. The molecule has 7 heteroatoms. The van der Waals surface area contributed by atoms with Gasteiger partial charge < -0.3 is 4.74 Å². The first-order valence-electron chi connectivity index (χ1n) is 7.55. The van der Waals surface area contributed by atoms with E-state index in [1.54, 1.807) is 13.8 Å². The van der Waals surface area contributed by atoms with Gasteiger partial charge in [-0.2, -0.15) is 0 Å². The predicted molar refractivity (Wildman–Crippen MR) is 100 cm³/mol. The van der Waals surface area contributed by atoms with Crippen molar-refractivity contribution in [3.63, 3.8) is 0 Å². The van der Waals surface area contributed by atoms with Crippen LogP contribution < -0.4 is 4.90 Å². The smallest absolute Gasteiger partial charge is 0.328 e. The van der Waals surface area contributed by atoms with E-state index >= 15 is 0 Å². The Morgan fingerprint density at radius 2 is 1.92 bits per heavy atom. The topological polar surface area (TPSA) is 63.7 Å². The zero-order valence-corrected chi connectivity index (χ0v) is 16.9. The minimum Gasteiger partial charge on any atom is -0.467 e. The van der Waals surface area contributed by atoms with Crippen LogP contribution in [0.15, 0.2) is 16.6 Å². The molecule has 1 amide bonds. The van der Waals surface area contributed by atoms with Gasteiger partial charge in [0.15, 0.2) is 5.12 Å². The number of rotatable bonds is 6. The molecular formula is C17H22BrNO4S. The number of hydrogen-bond donors (Lipinski definition) is 0. The lowest BCUT2D eigenvalue weighted by Gasteiger charge is -2.30. The number of halogens is 1. The van der Waals surface area contributed by atoms with E-state index in [1.165, 1.54) is 12.0 Å². The number of esters is 1. The highest BCUT2D eigenvalue weighted by molar-refractivity contribution is 9.10. The molecule has 132 valence electrons. The van der Waals surface area contributed by atoms with Gasteiger partial charge in [-0.15, -0.1) is 0 Å². The van der Waals surface area contributed by atoms with Gasteiger partial charge in [-0.25, -0.2) is 4.79 Å². The van der Waals surface area contributed by atoms with Gasteiger partial charge in [0.05, 0.1) is 18.6 Å². The molecule has 0 bridgehead atoms. The number of carbonyl (C=O) groups excluding carboxylic acids is 3. The summed E-state index contributed by atoms with van der Waals surface area (Å²) in [6.45, 7) is 7.12. The Hall–Kier alpha value is -1.34. The number of amides is 1. The molecule has 24 heavy (non-hydrogen) atoms. The van der Waals surface area contributed by atoms with E-state index < -0.39 is 12.0 Å². The second kappa shape index (κ2) is 9.22. The number of methoxy groups -OCH3 is 1. The van der Waals surface area contributed by atoms with Crippen LogP contribution >= 0.6 is 27.7 Å². The summed E-state index contributed by atoms with van der Waals surface area (Å²) in [6.07, 6.45) is 0.361. The summed E-state index contributed by atoms with van der Waals surface area (Å²) in [5, 5.41) is -0.0586. The van der Waals surface area contributed by atoms with Gasteiger partial charge >= 0.3 is 5.97 Å². The molecule has 0 saturated heterocycles. The van der Waals surface area contributed by atoms with Crippen molar-refractivity contribution in [3.8, 4) is 0 Å². The number of benzene rings is 1. The molecule has 1 atom stereocenters. The van der Waals surface area contributed by atoms with Crippen molar-refractivity contribution in [1.82, 2.24) is 0 Å². The number of nitrogens with zero attached hydrogens (tertiary/aromatic N) is 1. The van der Waals surface area contributed by atoms with E-state index in [0.717, 1.165) is 27.4 Å². The molecule has 0 N–H and O–H groups in total. The van der Waals surface area contributed by atoms with E-state index in [-0.39, 0.29) is 16.8 Å². The average Bonchev–Trinajstić information content (AvgIpc) is 2.58. The summed E-state index contributed by atoms with van der Waals surface area (Å²) in [4.78, 5) is 37.7. The van der Waals surface area contributed by atoms with Crippen molar-refractivity contribution in [2.75, 3.05) is 17.8 Å². The first-order chi connectivity index (χ1) is 11.2. The number of carbonyl (C=O) groups is 3. The average molecular weight is 416 g/mol. The third kappa shape index (κ3) is 4.83. The first kappa shape index (κ1) is 20.7. The Bertz CT molecular complexity index is 648. The van der Waals surface area contributed by atoms with Crippen LogP contribution in [0.3, 0.4) is 0 Å². The summed E-state index contributed by atoms with van der Waals surface area (Å²) in [5.74, 6) is -0.822. The van der Waals surface area contributed by atoms with Gasteiger partial charge in [0.1, 0.15) is 6.04 Å². The van der Waals surface area contributed by atoms with Crippen LogP contribution in [-0.2, 0) is 19.1 Å². The maximum Gasteiger partial charge on any atom is 0.328 e. The highest BCUT2D eigenvalue weighted by Crippen LogP contribution is 2.32. The van der Waals surface area contributed by atoms with Crippen LogP contribution in [0.4, 0.5) is 5.69 Å². The lowest BCUT2D eigenvalue weighted by molar-refractivity contribution is -0.142. The lowest BCUT2D eigenvalue weighted by atomic mass is 10.1. The quantitative estimate of drug-likeness (QED) is 0.663. The molecule has 0 spiro atoms. The third-order valence-corrected chi connectivity index (χ3v) is 5.51. The first-order valence-corrected chi connectivity index (χ1v) is 9.33. The van der Waals surface area contributed by atoms with Crippen LogP contribution in [0.5, 0.6) is 0 Å². The fourth-order valence-electron chi connectivity index (χ4n) is 2.31. The molecule has 1 aromatic carbocycles. The maximum atomic E-state index is 12.8. The molecular weight excluding hydrogens is 394 g/mol. The lowest BCUT2D eigenvalue weighted by Crippen LogP contribution is -2.45. The number of aryl methyl sites for hydroxylation is 1. The monoisotopic (exact) mass is 415 g/mol. The number of thioether (sulfide) groups is 1. The second-order valence-corrected chi connectivity index (χ2v) is 7.20. The Labute approximate surface area is 155 Å². The SMILES string of the molecule is CCC(=O)SCC(=O)N(c1c(C)ccc(Br)c1C)[C@@H](C)C(=O)OC. The standard InChI is InChI=1S/C17H22BrNO4S/c1-6-15(21)24-9-14(20)19(12(4)17(22)23-5)16-10(2)7-8-13(18)11(16)3/h7-8,12H,6,9H2,1-5H3/t12-/m0/s1. The molecule has 1 aromatic rings. The molecule has 0 fully saturated rings. The van der Waals surface area contributed by atoms with E-state index in [2.05, 4.69) is 15.9 Å². The highest BCUT2D eigenvalue weighted by Gasteiger charge is 2.30. The van der Waals surface area contributed by atoms with Gasteiger partial charge in [0, 0.05) is 10.9 Å². The number of ether oxygens (including phenoxy) is 1. The largest absolute Gasteiger partial charge is 0.467 e. The van der Waals surface area contributed by atoms with Crippen LogP contribution in [0.25, 0.3) is 0 Å². The normalized spacial score (nSPS) is 11.8. The zero-order chi connectivity index (χ0) is 18.4. The Kier molecular flexibility index (Phi) is 7.96. The molecule has 0 aliphatic carbocycles. The summed E-state index contributed by atoms with van der Waals surface area (Å²) in [5.41, 5.74) is 2.38. The van der Waals surface area contributed by atoms with Gasteiger partial charge in [0.25, 0.3) is 0 Å². The van der Waals surface area contributed by atoms with Crippen LogP contribution in [0.1, 0.15) is 31.4 Å². The minimum absolute atomic E-state index is 0.0145. The van der Waals surface area contributed by atoms with Crippen molar-refractivity contribution in [1.29, 1.82) is 0 Å². The van der Waals surface area contributed by atoms with E-state index in [4.69, 9.17) is 4.74 Å². The van der Waals surface area contributed by atoms with E-state index in [1.807, 2.05) is 26.0 Å². The van der Waals surface area contributed by atoms with Gasteiger partial charge in [-0.1, -0.05) is 40.7 Å². The van der Waals surface area contributed by atoms with Gasteiger partial charge in [-0.05, 0) is 38.0 Å². The summed E-state index contributed by atoms with van der Waals surface area (Å²) in [7, 11) is 1.29. The van der Waals surface area contributed by atoms with Crippen molar-refractivity contribution >= 4 is 50.4 Å². The third-order valence-electron chi connectivity index (χ3n) is 3.65. The summed E-state index contributed by atoms with van der Waals surface area (Å²) < 4.78 is 5.65. The zero-order valence-electron chi connectivity index (χ0n) is 14.5. The minimum atomic E-state index is -0.786. The van der Waals surface area contributed by atoms with E-state index in [9.17, 15) is 14.4 Å². The molecule has 0 aliphatic rings. The van der Waals surface area contributed by atoms with Crippen LogP contribution in [0.2, 0.25) is 0 Å². The predicted octanol–water partition coefficient (Wildman–Crippen LogP) is 3.63. The molecule has 0 aliphatic heterocycles. The van der Waals surface area contributed by atoms with Crippen molar-refractivity contribution in [2.45, 2.75) is 40.2 Å². The molecule has 0 radical (unpaired) electrons. The Morgan fingerprint density at radius 1 is 1.29 bits per heavy atom. The molecule has 0 heterocycles. The molecule has 0 unspecified atom stereocenters. The van der Waals surface area contributed by atoms with Gasteiger partial charge in [-0.3, -0.25) is 14.5 Å². The summed E-state index contributed by atoms with van der Waals surface area (Å²) in [6, 6.07) is 2.99. The highest BCUT2D eigenvalue weighted by atomic mass is 79.9. The molecule has 5 nitrogen and oxygen atoms in total. The van der Waals surface area contributed by atoms with E-state index in [0.29, 0.717) is 12.1 Å². The fraction of sp³-hybridized carbons (Fsp3) is 0.471. The Balaban J connectivity index is 3.30. The molecule has 0 saturated carbocycles. The van der Waals surface area contributed by atoms with Crippen molar-refractivity contribution in [2.24, 2.45) is 0 Å². The molecule has 0 aromatic heterocycles. The van der Waals surface area contributed by atoms with Crippen molar-refractivity contribution in [3.05, 3.63) is 27.7 Å². The van der Waals surface area contributed by atoms with Gasteiger partial charge in [0.2, 0.25) is 5.91 Å². The Morgan fingerprint density at radius 3 is 2.46 bits per heavy atom. The van der Waals surface area contributed by atoms with Crippen LogP contribution in [-0.4, -0.2) is 35.9 Å².